The molecule has 1 fully saturated rings. The van der Waals surface area contributed by atoms with E-state index in [2.05, 4.69) is 39.2 Å². The van der Waals surface area contributed by atoms with Crippen molar-refractivity contribution in [3.05, 3.63) is 28.4 Å². The molecule has 2 aromatic rings. The van der Waals surface area contributed by atoms with Gasteiger partial charge in [-0.25, -0.2) is 0 Å². The highest BCUT2D eigenvalue weighted by Crippen LogP contribution is 2.50. The molecule has 4 heteroatoms. The summed E-state index contributed by atoms with van der Waals surface area (Å²) in [7, 11) is 1.97. The quantitative estimate of drug-likeness (QED) is 0.917. The summed E-state index contributed by atoms with van der Waals surface area (Å²) in [5.41, 5.74) is 8.64. The van der Waals surface area contributed by atoms with Gasteiger partial charge in [-0.05, 0) is 40.4 Å². The zero-order chi connectivity index (χ0) is 11.3. The molecule has 1 aromatic carbocycles. The van der Waals surface area contributed by atoms with Crippen LogP contribution >= 0.6 is 15.9 Å². The number of rotatable bonds is 2. The Kier molecular flexibility index (Phi) is 2.13. The highest BCUT2D eigenvalue weighted by molar-refractivity contribution is 9.10. The molecule has 0 bridgehead atoms. The summed E-state index contributed by atoms with van der Waals surface area (Å²) in [4.78, 5) is 0. The molecule has 84 valence electrons. The fraction of sp³-hybridized carbons (Fsp3) is 0.417. The predicted octanol–water partition coefficient (Wildman–Crippen LogP) is 2.33. The van der Waals surface area contributed by atoms with Gasteiger partial charge < -0.3 is 5.73 Å². The molecule has 0 amide bonds. The van der Waals surface area contributed by atoms with E-state index in [1.165, 1.54) is 29.3 Å². The second kappa shape index (κ2) is 3.31. The monoisotopic (exact) mass is 279 g/mol. The molecule has 1 aliphatic carbocycles. The molecular weight excluding hydrogens is 266 g/mol. The molecule has 3 rings (SSSR count). The Bertz CT molecular complexity index is 555. The first kappa shape index (κ1) is 10.3. The van der Waals surface area contributed by atoms with Crippen LogP contribution in [0.2, 0.25) is 0 Å². The van der Waals surface area contributed by atoms with Crippen molar-refractivity contribution in [2.24, 2.45) is 12.8 Å². The number of hydrogen-bond donors (Lipinski definition) is 1. The number of benzene rings is 1. The van der Waals surface area contributed by atoms with Crippen molar-refractivity contribution in [1.29, 1.82) is 0 Å². The minimum atomic E-state index is 0.213. The van der Waals surface area contributed by atoms with Gasteiger partial charge in [0.05, 0.1) is 5.52 Å². The molecule has 0 aliphatic heterocycles. The molecule has 1 aromatic heterocycles. The summed E-state index contributed by atoms with van der Waals surface area (Å²) in [5, 5.41) is 5.65. The van der Waals surface area contributed by atoms with E-state index in [9.17, 15) is 0 Å². The first-order valence-electron chi connectivity index (χ1n) is 5.50. The number of aryl methyl sites for hydroxylation is 1. The third-order valence-corrected chi connectivity index (χ3v) is 4.21. The van der Waals surface area contributed by atoms with Crippen LogP contribution in [0, 0.1) is 0 Å². The van der Waals surface area contributed by atoms with Crippen LogP contribution in [0.15, 0.2) is 22.8 Å². The minimum absolute atomic E-state index is 0.213. The van der Waals surface area contributed by atoms with Crippen LogP contribution in [0.1, 0.15) is 18.4 Å². The lowest BCUT2D eigenvalue weighted by molar-refractivity contribution is 0.711. The first-order valence-corrected chi connectivity index (χ1v) is 6.29. The third kappa shape index (κ3) is 1.26. The Morgan fingerprint density at radius 3 is 2.88 bits per heavy atom. The zero-order valence-corrected chi connectivity index (χ0v) is 10.8. The third-order valence-electron chi connectivity index (χ3n) is 3.65. The van der Waals surface area contributed by atoms with E-state index in [4.69, 9.17) is 5.73 Å². The maximum Gasteiger partial charge on any atom is 0.136 e. The van der Waals surface area contributed by atoms with E-state index < -0.39 is 0 Å². The summed E-state index contributed by atoms with van der Waals surface area (Å²) in [6.45, 7) is 0.730. The maximum absolute atomic E-state index is 5.91. The van der Waals surface area contributed by atoms with E-state index in [-0.39, 0.29) is 5.41 Å². The molecule has 0 radical (unpaired) electrons. The van der Waals surface area contributed by atoms with Gasteiger partial charge in [-0.2, -0.15) is 5.10 Å². The normalized spacial score (nSPS) is 17.9. The lowest BCUT2D eigenvalue weighted by atomic mass is 9.93. The molecule has 16 heavy (non-hydrogen) atoms. The number of nitrogens with two attached hydrogens (primary N) is 1. The first-order chi connectivity index (χ1) is 7.68. The van der Waals surface area contributed by atoms with E-state index in [0.29, 0.717) is 0 Å². The van der Waals surface area contributed by atoms with Crippen LogP contribution in [-0.2, 0) is 12.5 Å². The van der Waals surface area contributed by atoms with Gasteiger partial charge in [0, 0.05) is 24.4 Å². The Hall–Kier alpha value is -0.870. The largest absolute Gasteiger partial charge is 0.330 e. The second-order valence-electron chi connectivity index (χ2n) is 4.60. The van der Waals surface area contributed by atoms with Crippen molar-refractivity contribution in [3.8, 4) is 0 Å². The molecule has 1 heterocycles. The van der Waals surface area contributed by atoms with Crippen LogP contribution in [0.5, 0.6) is 0 Å². The molecule has 3 nitrogen and oxygen atoms in total. The predicted molar refractivity (Wildman–Crippen MR) is 68.4 cm³/mol. The number of fused-ring (bicyclic) bond motifs is 1. The van der Waals surface area contributed by atoms with Gasteiger partial charge in [-0.3, -0.25) is 4.68 Å². The van der Waals surface area contributed by atoms with Crippen LogP contribution in [0.4, 0.5) is 0 Å². The van der Waals surface area contributed by atoms with Gasteiger partial charge in [0.25, 0.3) is 0 Å². The van der Waals surface area contributed by atoms with Crippen LogP contribution < -0.4 is 5.73 Å². The summed E-state index contributed by atoms with van der Waals surface area (Å²) in [6, 6.07) is 6.39. The fourth-order valence-corrected chi connectivity index (χ4v) is 3.09. The Morgan fingerprint density at radius 2 is 2.25 bits per heavy atom. The maximum atomic E-state index is 5.91. The van der Waals surface area contributed by atoms with Crippen molar-refractivity contribution in [3.63, 3.8) is 0 Å². The standard InChI is InChI=1S/C12H14BrN3/c1-16-9-4-2-3-8(10(9)11(13)15-16)12(7-14)5-6-12/h2-4H,5-7,14H2,1H3. The van der Waals surface area contributed by atoms with Gasteiger partial charge in [-0.15, -0.1) is 0 Å². The lowest BCUT2D eigenvalue weighted by Gasteiger charge is -2.14. The topological polar surface area (TPSA) is 43.8 Å². The number of nitrogens with zero attached hydrogens (tertiary/aromatic N) is 2. The highest BCUT2D eigenvalue weighted by atomic mass is 79.9. The van der Waals surface area contributed by atoms with Crippen molar-refractivity contribution >= 4 is 26.8 Å². The Labute approximate surface area is 103 Å². The van der Waals surface area contributed by atoms with E-state index >= 15 is 0 Å². The average molecular weight is 280 g/mol. The number of hydrogen-bond acceptors (Lipinski definition) is 2. The molecule has 1 aliphatic rings. The zero-order valence-electron chi connectivity index (χ0n) is 9.20. The Morgan fingerprint density at radius 1 is 1.50 bits per heavy atom. The molecule has 0 spiro atoms. The summed E-state index contributed by atoms with van der Waals surface area (Å²) >= 11 is 3.55. The van der Waals surface area contributed by atoms with Gasteiger partial charge in [0.2, 0.25) is 0 Å². The number of halogens is 1. The molecule has 0 unspecified atom stereocenters. The summed E-state index contributed by atoms with van der Waals surface area (Å²) in [6.07, 6.45) is 2.40. The minimum Gasteiger partial charge on any atom is -0.330 e. The van der Waals surface area contributed by atoms with Gasteiger partial charge in [0.15, 0.2) is 0 Å². The fourth-order valence-electron chi connectivity index (χ4n) is 2.44. The number of aromatic nitrogens is 2. The second-order valence-corrected chi connectivity index (χ2v) is 5.35. The van der Waals surface area contributed by atoms with Crippen molar-refractivity contribution in [2.75, 3.05) is 6.54 Å². The molecular formula is C12H14BrN3. The highest BCUT2D eigenvalue weighted by Gasteiger charge is 2.44. The van der Waals surface area contributed by atoms with Crippen molar-refractivity contribution in [2.45, 2.75) is 18.3 Å². The van der Waals surface area contributed by atoms with E-state index in [1.54, 1.807) is 0 Å². The molecule has 1 saturated carbocycles. The smallest absolute Gasteiger partial charge is 0.136 e. The van der Waals surface area contributed by atoms with Gasteiger partial charge in [0.1, 0.15) is 4.60 Å². The molecule has 2 N–H and O–H groups in total. The summed E-state index contributed by atoms with van der Waals surface area (Å²) in [5.74, 6) is 0. The molecule has 0 saturated heterocycles. The van der Waals surface area contributed by atoms with Crippen LogP contribution in [0.25, 0.3) is 10.9 Å². The van der Waals surface area contributed by atoms with E-state index in [1.807, 2.05) is 11.7 Å². The Balaban J connectivity index is 2.33. The van der Waals surface area contributed by atoms with E-state index in [0.717, 1.165) is 11.1 Å². The van der Waals surface area contributed by atoms with Crippen molar-refractivity contribution in [1.82, 2.24) is 9.78 Å². The average Bonchev–Trinajstić information content (AvgIpc) is 3.03. The van der Waals surface area contributed by atoms with Crippen LogP contribution in [-0.4, -0.2) is 16.3 Å². The SMILES string of the molecule is Cn1nc(Br)c2c(C3(CN)CC3)cccc21. The van der Waals surface area contributed by atoms with Crippen LogP contribution in [0.3, 0.4) is 0 Å². The van der Waals surface area contributed by atoms with Gasteiger partial charge in [-0.1, -0.05) is 12.1 Å². The lowest BCUT2D eigenvalue weighted by Crippen LogP contribution is -2.19. The summed E-state index contributed by atoms with van der Waals surface area (Å²) < 4.78 is 2.84. The molecule has 0 atom stereocenters. The van der Waals surface area contributed by atoms with Crippen molar-refractivity contribution < 1.29 is 0 Å². The van der Waals surface area contributed by atoms with Gasteiger partial charge >= 0.3 is 0 Å².